The molecule has 0 fully saturated rings. The summed E-state index contributed by atoms with van der Waals surface area (Å²) in [7, 11) is 0. The number of halogens is 1. The molecule has 0 radical (unpaired) electrons. The predicted molar refractivity (Wildman–Crippen MR) is 49.5 cm³/mol. The number of benzene rings is 1. The lowest BCUT2D eigenvalue weighted by Crippen LogP contribution is -2.19. The van der Waals surface area contributed by atoms with Crippen molar-refractivity contribution in [2.75, 3.05) is 6.79 Å². The lowest BCUT2D eigenvalue weighted by atomic mass is 10.2. The van der Waals surface area contributed by atoms with Gasteiger partial charge in [-0.25, -0.2) is 5.48 Å². The van der Waals surface area contributed by atoms with E-state index < -0.39 is 5.91 Å². The van der Waals surface area contributed by atoms with Gasteiger partial charge in [0.15, 0.2) is 11.5 Å². The van der Waals surface area contributed by atoms with E-state index in [-0.39, 0.29) is 12.4 Å². The van der Waals surface area contributed by atoms with Crippen LogP contribution in [-0.4, -0.2) is 17.9 Å². The Morgan fingerprint density at radius 3 is 3.00 bits per heavy atom. The van der Waals surface area contributed by atoms with Gasteiger partial charge in [-0.2, -0.15) is 0 Å². The summed E-state index contributed by atoms with van der Waals surface area (Å²) < 4.78 is 10.7. The van der Waals surface area contributed by atoms with Crippen LogP contribution in [0.15, 0.2) is 16.6 Å². The molecule has 0 atom stereocenters. The van der Waals surface area contributed by atoms with E-state index in [2.05, 4.69) is 15.9 Å². The summed E-state index contributed by atoms with van der Waals surface area (Å²) in [5.41, 5.74) is 1.77. The molecule has 1 aromatic rings. The Balaban J connectivity index is 2.57. The van der Waals surface area contributed by atoms with E-state index >= 15 is 0 Å². The van der Waals surface area contributed by atoms with Crippen molar-refractivity contribution in [3.63, 3.8) is 0 Å². The molecule has 1 heterocycles. The maximum atomic E-state index is 11.3. The van der Waals surface area contributed by atoms with Crippen molar-refractivity contribution < 1.29 is 19.5 Å². The summed E-state index contributed by atoms with van der Waals surface area (Å²) in [6, 6.07) is 3.33. The highest BCUT2D eigenvalue weighted by Gasteiger charge is 2.24. The number of hydrogen-bond donors (Lipinski definition) is 2. The van der Waals surface area contributed by atoms with Crippen LogP contribution in [-0.2, 0) is 0 Å². The number of amides is 1. The molecule has 0 aliphatic carbocycles. The van der Waals surface area contributed by atoms with Crippen molar-refractivity contribution in [2.45, 2.75) is 0 Å². The smallest absolute Gasteiger partial charge is 0.279 e. The van der Waals surface area contributed by atoms with E-state index in [9.17, 15) is 4.79 Å². The first-order chi connectivity index (χ1) is 6.74. The van der Waals surface area contributed by atoms with Gasteiger partial charge in [0.1, 0.15) is 5.56 Å². The number of carbonyl (C=O) groups is 1. The number of rotatable bonds is 1. The van der Waals surface area contributed by atoms with Crippen molar-refractivity contribution in [3.8, 4) is 11.5 Å². The summed E-state index contributed by atoms with van der Waals surface area (Å²) in [4.78, 5) is 11.3. The van der Waals surface area contributed by atoms with Crippen molar-refractivity contribution >= 4 is 21.8 Å². The van der Waals surface area contributed by atoms with Gasteiger partial charge >= 0.3 is 0 Å². The number of ether oxygens (including phenoxy) is 2. The minimum atomic E-state index is -0.640. The van der Waals surface area contributed by atoms with Crippen LogP contribution >= 0.6 is 15.9 Å². The van der Waals surface area contributed by atoms with Crippen molar-refractivity contribution in [1.82, 2.24) is 5.48 Å². The molecule has 0 aromatic heterocycles. The Labute approximate surface area is 87.7 Å². The van der Waals surface area contributed by atoms with Gasteiger partial charge in [-0.3, -0.25) is 10.0 Å². The second-order valence-electron chi connectivity index (χ2n) is 2.60. The van der Waals surface area contributed by atoms with Gasteiger partial charge in [-0.1, -0.05) is 0 Å². The highest BCUT2D eigenvalue weighted by atomic mass is 79.9. The van der Waals surface area contributed by atoms with Crippen molar-refractivity contribution in [1.29, 1.82) is 0 Å². The monoisotopic (exact) mass is 259 g/mol. The van der Waals surface area contributed by atoms with Gasteiger partial charge in [0.2, 0.25) is 6.79 Å². The molecule has 6 heteroatoms. The summed E-state index contributed by atoms with van der Waals surface area (Å²) >= 11 is 3.18. The summed E-state index contributed by atoms with van der Waals surface area (Å²) in [6.45, 7) is 0.0808. The molecule has 74 valence electrons. The largest absolute Gasteiger partial charge is 0.454 e. The molecule has 1 aliphatic heterocycles. The fourth-order valence-corrected chi connectivity index (χ4v) is 1.71. The van der Waals surface area contributed by atoms with Crippen LogP contribution in [0.2, 0.25) is 0 Å². The van der Waals surface area contributed by atoms with Gasteiger partial charge in [0, 0.05) is 4.47 Å². The van der Waals surface area contributed by atoms with E-state index in [4.69, 9.17) is 14.7 Å². The molecule has 1 amide bonds. The first kappa shape index (κ1) is 9.29. The Hall–Kier alpha value is -1.27. The second-order valence-corrected chi connectivity index (χ2v) is 3.45. The lowest BCUT2D eigenvalue weighted by molar-refractivity contribution is 0.0701. The van der Waals surface area contributed by atoms with E-state index in [0.717, 1.165) is 0 Å². The lowest BCUT2D eigenvalue weighted by Gasteiger charge is -2.05. The number of carbonyl (C=O) groups excluding carboxylic acids is 1. The Kier molecular flexibility index (Phi) is 2.30. The second kappa shape index (κ2) is 3.47. The number of hydroxylamine groups is 1. The van der Waals surface area contributed by atoms with Crippen LogP contribution in [0.25, 0.3) is 0 Å². The number of hydrogen-bond acceptors (Lipinski definition) is 4. The molecule has 1 aromatic carbocycles. The van der Waals surface area contributed by atoms with Crippen LogP contribution in [0.5, 0.6) is 11.5 Å². The summed E-state index contributed by atoms with van der Waals surface area (Å²) in [5.74, 6) is 0.192. The Morgan fingerprint density at radius 1 is 1.50 bits per heavy atom. The molecular formula is C8H6BrNO4. The number of fused-ring (bicyclic) bond motifs is 1. The highest BCUT2D eigenvalue weighted by Crippen LogP contribution is 2.39. The zero-order chi connectivity index (χ0) is 10.1. The first-order valence-corrected chi connectivity index (χ1v) is 4.56. The SMILES string of the molecule is O=C(NO)c1c(Br)ccc2c1OCO2. The maximum Gasteiger partial charge on any atom is 0.279 e. The van der Waals surface area contributed by atoms with Crippen LogP contribution in [0, 0.1) is 0 Å². The quantitative estimate of drug-likeness (QED) is 0.589. The molecule has 2 N–H and O–H groups in total. The fraction of sp³-hybridized carbons (Fsp3) is 0.125. The molecule has 0 bridgehead atoms. The molecule has 0 unspecified atom stereocenters. The molecule has 0 saturated carbocycles. The third kappa shape index (κ3) is 1.32. The van der Waals surface area contributed by atoms with Gasteiger partial charge in [0.25, 0.3) is 5.91 Å². The standard InChI is InChI=1S/C8H6BrNO4/c9-4-1-2-5-7(14-3-13-5)6(4)8(11)10-12/h1-2,12H,3H2,(H,10,11). The van der Waals surface area contributed by atoms with Crippen LogP contribution in [0.1, 0.15) is 10.4 Å². The van der Waals surface area contributed by atoms with Crippen LogP contribution < -0.4 is 15.0 Å². The Morgan fingerprint density at radius 2 is 2.29 bits per heavy atom. The summed E-state index contributed by atoms with van der Waals surface area (Å²) in [5, 5.41) is 8.53. The minimum Gasteiger partial charge on any atom is -0.454 e. The van der Waals surface area contributed by atoms with Crippen LogP contribution in [0.4, 0.5) is 0 Å². The fourth-order valence-electron chi connectivity index (χ4n) is 1.22. The van der Waals surface area contributed by atoms with Gasteiger partial charge in [-0.15, -0.1) is 0 Å². The van der Waals surface area contributed by atoms with E-state index in [1.165, 1.54) is 0 Å². The van der Waals surface area contributed by atoms with Crippen LogP contribution in [0.3, 0.4) is 0 Å². The third-order valence-electron chi connectivity index (χ3n) is 1.82. The van der Waals surface area contributed by atoms with E-state index in [1.807, 2.05) is 0 Å². The molecule has 2 rings (SSSR count). The van der Waals surface area contributed by atoms with Crippen molar-refractivity contribution in [3.05, 3.63) is 22.2 Å². The normalized spacial score (nSPS) is 12.7. The highest BCUT2D eigenvalue weighted by molar-refractivity contribution is 9.10. The third-order valence-corrected chi connectivity index (χ3v) is 2.48. The molecule has 1 aliphatic rings. The topological polar surface area (TPSA) is 67.8 Å². The molecule has 5 nitrogen and oxygen atoms in total. The summed E-state index contributed by atoms with van der Waals surface area (Å²) in [6.07, 6.45) is 0. The minimum absolute atomic E-state index is 0.0808. The Bertz CT molecular complexity index is 393. The van der Waals surface area contributed by atoms with Gasteiger partial charge in [-0.05, 0) is 28.1 Å². The zero-order valence-corrected chi connectivity index (χ0v) is 8.50. The molecule has 0 saturated heterocycles. The zero-order valence-electron chi connectivity index (χ0n) is 6.91. The van der Waals surface area contributed by atoms with Gasteiger partial charge < -0.3 is 9.47 Å². The average molecular weight is 260 g/mol. The van der Waals surface area contributed by atoms with E-state index in [1.54, 1.807) is 17.6 Å². The van der Waals surface area contributed by atoms with Gasteiger partial charge in [0.05, 0.1) is 0 Å². The maximum absolute atomic E-state index is 11.3. The first-order valence-electron chi connectivity index (χ1n) is 3.76. The number of nitrogens with one attached hydrogen (secondary N) is 1. The molecule has 0 spiro atoms. The van der Waals surface area contributed by atoms with Crippen molar-refractivity contribution in [2.24, 2.45) is 0 Å². The van der Waals surface area contributed by atoms with E-state index in [0.29, 0.717) is 16.0 Å². The average Bonchev–Trinajstić information content (AvgIpc) is 2.64. The predicted octanol–water partition coefficient (Wildman–Crippen LogP) is 1.30. The molecular weight excluding hydrogens is 254 g/mol. The molecule has 14 heavy (non-hydrogen) atoms.